The molecule has 0 aromatic carbocycles. The highest BCUT2D eigenvalue weighted by molar-refractivity contribution is 5.77. The Balaban J connectivity index is 3.84. The molecule has 0 saturated heterocycles. The van der Waals surface area contributed by atoms with Crippen molar-refractivity contribution in [3.8, 4) is 0 Å². The number of aliphatic carboxylic acids is 1. The molecule has 0 bridgehead atoms. The van der Waals surface area contributed by atoms with Crippen LogP contribution in [-0.4, -0.2) is 35.5 Å². The number of nitrogens with zero attached hydrogens (tertiary/aromatic N) is 1. The van der Waals surface area contributed by atoms with Crippen LogP contribution < -0.4 is 0 Å². The predicted molar refractivity (Wildman–Crippen MR) is 49.3 cm³/mol. The second-order valence-corrected chi connectivity index (χ2v) is 3.32. The van der Waals surface area contributed by atoms with E-state index in [0.717, 1.165) is 0 Å². The molecule has 1 amide bonds. The third-order valence-corrected chi connectivity index (χ3v) is 1.95. The standard InChI is InChI=1S/C9H17NO3/c1-4-10(3)8(11)5-7(2)6-9(12)13/h7H,4-6H2,1-3H3,(H,12,13). The van der Waals surface area contributed by atoms with Gasteiger partial charge in [-0.25, -0.2) is 0 Å². The molecular weight excluding hydrogens is 170 g/mol. The van der Waals surface area contributed by atoms with Crippen molar-refractivity contribution in [1.82, 2.24) is 4.90 Å². The third kappa shape index (κ3) is 5.22. The van der Waals surface area contributed by atoms with Gasteiger partial charge in [-0.2, -0.15) is 0 Å². The number of hydrogen-bond acceptors (Lipinski definition) is 2. The molecule has 0 aliphatic carbocycles. The summed E-state index contributed by atoms with van der Waals surface area (Å²) in [4.78, 5) is 23.2. The van der Waals surface area contributed by atoms with Gasteiger partial charge in [-0.15, -0.1) is 0 Å². The van der Waals surface area contributed by atoms with E-state index in [9.17, 15) is 9.59 Å². The van der Waals surface area contributed by atoms with Gasteiger partial charge >= 0.3 is 5.97 Å². The molecule has 4 heteroatoms. The fraction of sp³-hybridized carbons (Fsp3) is 0.778. The number of carboxylic acids is 1. The van der Waals surface area contributed by atoms with Crippen LogP contribution in [0.25, 0.3) is 0 Å². The van der Waals surface area contributed by atoms with E-state index in [4.69, 9.17) is 5.11 Å². The number of carboxylic acid groups (broad SMARTS) is 1. The van der Waals surface area contributed by atoms with Gasteiger partial charge < -0.3 is 10.0 Å². The predicted octanol–water partition coefficient (Wildman–Crippen LogP) is 0.966. The van der Waals surface area contributed by atoms with Crippen LogP contribution in [0.4, 0.5) is 0 Å². The van der Waals surface area contributed by atoms with Crippen molar-refractivity contribution in [3.05, 3.63) is 0 Å². The average Bonchev–Trinajstić information content (AvgIpc) is 2.01. The van der Waals surface area contributed by atoms with Crippen molar-refractivity contribution in [2.45, 2.75) is 26.7 Å². The number of amides is 1. The Morgan fingerprint density at radius 3 is 2.31 bits per heavy atom. The Morgan fingerprint density at radius 1 is 1.38 bits per heavy atom. The first kappa shape index (κ1) is 11.9. The molecule has 0 spiro atoms. The first-order chi connectivity index (χ1) is 5.97. The van der Waals surface area contributed by atoms with Crippen LogP contribution in [-0.2, 0) is 9.59 Å². The van der Waals surface area contributed by atoms with Gasteiger partial charge in [-0.05, 0) is 12.8 Å². The third-order valence-electron chi connectivity index (χ3n) is 1.95. The van der Waals surface area contributed by atoms with Gasteiger partial charge in [0.1, 0.15) is 0 Å². The molecule has 0 rings (SSSR count). The molecule has 0 aliphatic rings. The van der Waals surface area contributed by atoms with E-state index in [0.29, 0.717) is 13.0 Å². The molecule has 0 fully saturated rings. The van der Waals surface area contributed by atoms with Crippen LogP contribution >= 0.6 is 0 Å². The maximum absolute atomic E-state index is 11.3. The van der Waals surface area contributed by atoms with E-state index in [-0.39, 0.29) is 18.2 Å². The molecule has 0 aliphatic heterocycles. The summed E-state index contributed by atoms with van der Waals surface area (Å²) in [7, 11) is 1.72. The Morgan fingerprint density at radius 2 is 1.92 bits per heavy atom. The van der Waals surface area contributed by atoms with Crippen LogP contribution in [0.15, 0.2) is 0 Å². The summed E-state index contributed by atoms with van der Waals surface area (Å²) < 4.78 is 0. The van der Waals surface area contributed by atoms with E-state index in [1.165, 1.54) is 0 Å². The number of rotatable bonds is 5. The Kier molecular flexibility index (Phi) is 5.11. The maximum Gasteiger partial charge on any atom is 0.303 e. The normalized spacial score (nSPS) is 12.2. The second kappa shape index (κ2) is 5.56. The van der Waals surface area contributed by atoms with Crippen LogP contribution in [0.2, 0.25) is 0 Å². The van der Waals surface area contributed by atoms with Crippen molar-refractivity contribution < 1.29 is 14.7 Å². The van der Waals surface area contributed by atoms with Crippen LogP contribution in [0.1, 0.15) is 26.7 Å². The van der Waals surface area contributed by atoms with Crippen molar-refractivity contribution in [3.63, 3.8) is 0 Å². The van der Waals surface area contributed by atoms with Gasteiger partial charge in [-0.1, -0.05) is 6.92 Å². The van der Waals surface area contributed by atoms with E-state index >= 15 is 0 Å². The van der Waals surface area contributed by atoms with Gasteiger partial charge in [0.15, 0.2) is 0 Å². The monoisotopic (exact) mass is 187 g/mol. The van der Waals surface area contributed by atoms with E-state index in [1.54, 1.807) is 18.9 Å². The van der Waals surface area contributed by atoms with Gasteiger partial charge in [0, 0.05) is 26.4 Å². The van der Waals surface area contributed by atoms with Gasteiger partial charge in [-0.3, -0.25) is 9.59 Å². The highest BCUT2D eigenvalue weighted by Gasteiger charge is 2.14. The summed E-state index contributed by atoms with van der Waals surface area (Å²) in [5.41, 5.74) is 0. The lowest BCUT2D eigenvalue weighted by molar-refractivity contribution is -0.138. The Bertz CT molecular complexity index is 191. The maximum atomic E-state index is 11.3. The summed E-state index contributed by atoms with van der Waals surface area (Å²) in [5, 5.41) is 8.47. The summed E-state index contributed by atoms with van der Waals surface area (Å²) in [6.45, 7) is 4.33. The Hall–Kier alpha value is -1.06. The largest absolute Gasteiger partial charge is 0.481 e. The lowest BCUT2D eigenvalue weighted by atomic mass is 10.0. The van der Waals surface area contributed by atoms with Crippen molar-refractivity contribution in [2.24, 2.45) is 5.92 Å². The van der Waals surface area contributed by atoms with E-state index in [2.05, 4.69) is 0 Å². The van der Waals surface area contributed by atoms with Crippen molar-refractivity contribution >= 4 is 11.9 Å². The molecular formula is C9H17NO3. The molecule has 1 unspecified atom stereocenters. The fourth-order valence-electron chi connectivity index (χ4n) is 1.00. The highest BCUT2D eigenvalue weighted by atomic mass is 16.4. The number of carbonyl (C=O) groups excluding carboxylic acids is 1. The summed E-state index contributed by atoms with van der Waals surface area (Å²) in [6, 6.07) is 0. The summed E-state index contributed by atoms with van der Waals surface area (Å²) in [5.74, 6) is -0.922. The molecule has 4 nitrogen and oxygen atoms in total. The van der Waals surface area contributed by atoms with Crippen LogP contribution in [0.3, 0.4) is 0 Å². The number of carbonyl (C=O) groups is 2. The number of hydrogen-bond donors (Lipinski definition) is 1. The van der Waals surface area contributed by atoms with Gasteiger partial charge in [0.2, 0.25) is 5.91 Å². The minimum atomic E-state index is -0.848. The zero-order valence-electron chi connectivity index (χ0n) is 8.41. The molecule has 0 radical (unpaired) electrons. The minimum Gasteiger partial charge on any atom is -0.481 e. The van der Waals surface area contributed by atoms with Crippen molar-refractivity contribution in [1.29, 1.82) is 0 Å². The smallest absolute Gasteiger partial charge is 0.303 e. The van der Waals surface area contributed by atoms with E-state index < -0.39 is 5.97 Å². The van der Waals surface area contributed by atoms with Gasteiger partial charge in [0.25, 0.3) is 0 Å². The molecule has 0 saturated carbocycles. The first-order valence-electron chi connectivity index (χ1n) is 4.43. The molecule has 1 atom stereocenters. The average molecular weight is 187 g/mol. The zero-order chi connectivity index (χ0) is 10.4. The van der Waals surface area contributed by atoms with Crippen LogP contribution in [0.5, 0.6) is 0 Å². The van der Waals surface area contributed by atoms with Gasteiger partial charge in [0.05, 0.1) is 0 Å². The summed E-state index contributed by atoms with van der Waals surface area (Å²) >= 11 is 0. The summed E-state index contributed by atoms with van der Waals surface area (Å²) in [6.07, 6.45) is 0.375. The first-order valence-corrected chi connectivity index (χ1v) is 4.43. The Labute approximate surface area is 78.5 Å². The lowest BCUT2D eigenvalue weighted by Gasteiger charge is -2.16. The molecule has 0 aromatic rings. The fourth-order valence-corrected chi connectivity index (χ4v) is 1.00. The highest BCUT2D eigenvalue weighted by Crippen LogP contribution is 2.08. The zero-order valence-corrected chi connectivity index (χ0v) is 8.41. The molecule has 13 heavy (non-hydrogen) atoms. The lowest BCUT2D eigenvalue weighted by Crippen LogP contribution is -2.28. The SMILES string of the molecule is CCN(C)C(=O)CC(C)CC(=O)O. The molecule has 0 aromatic heterocycles. The van der Waals surface area contributed by atoms with Crippen LogP contribution in [0, 0.1) is 5.92 Å². The molecule has 1 N–H and O–H groups in total. The second-order valence-electron chi connectivity index (χ2n) is 3.32. The molecule has 0 heterocycles. The molecule has 76 valence electrons. The minimum absolute atomic E-state index is 0.0104. The quantitative estimate of drug-likeness (QED) is 0.697. The topological polar surface area (TPSA) is 57.6 Å². The van der Waals surface area contributed by atoms with Crippen molar-refractivity contribution in [2.75, 3.05) is 13.6 Å². The van der Waals surface area contributed by atoms with E-state index in [1.807, 2.05) is 6.92 Å².